The molecule has 0 atom stereocenters. The number of hydrogen-bond donors (Lipinski definition) is 1. The van der Waals surface area contributed by atoms with Crippen molar-refractivity contribution in [2.75, 3.05) is 13.1 Å². The Bertz CT molecular complexity index is 645. The van der Waals surface area contributed by atoms with Gasteiger partial charge in [-0.05, 0) is 17.5 Å². The van der Waals surface area contributed by atoms with E-state index >= 15 is 0 Å². The first-order valence-electron chi connectivity index (χ1n) is 8.31. The van der Waals surface area contributed by atoms with Crippen LogP contribution >= 0.6 is 0 Å². The molecule has 1 aliphatic rings. The Morgan fingerprint density at radius 1 is 0.880 bits per heavy atom. The standard InChI is InChI=1S/C19H21N3O3/c23-18(20-14-16-8-3-1-4-9-16)21-12-7-13-22(21)19(24)25-15-17-10-5-2-6-11-17/h1-6,8-11H,7,12-15H2,(H,20,23). The maximum absolute atomic E-state index is 12.4. The first kappa shape index (κ1) is 16.8. The molecule has 6 nitrogen and oxygen atoms in total. The third-order valence-corrected chi connectivity index (χ3v) is 3.97. The molecule has 25 heavy (non-hydrogen) atoms. The average Bonchev–Trinajstić information content (AvgIpc) is 3.16. The Morgan fingerprint density at radius 2 is 1.48 bits per heavy atom. The van der Waals surface area contributed by atoms with Gasteiger partial charge in [0.1, 0.15) is 6.61 Å². The first-order chi connectivity index (χ1) is 12.2. The van der Waals surface area contributed by atoms with Gasteiger partial charge >= 0.3 is 12.1 Å². The second-order valence-corrected chi connectivity index (χ2v) is 5.78. The molecule has 0 bridgehead atoms. The summed E-state index contributed by atoms with van der Waals surface area (Å²) in [6.07, 6.45) is 0.232. The molecule has 0 saturated carbocycles. The van der Waals surface area contributed by atoms with Crippen molar-refractivity contribution in [2.45, 2.75) is 19.6 Å². The molecule has 0 aliphatic carbocycles. The second kappa shape index (κ2) is 8.19. The lowest BCUT2D eigenvalue weighted by Gasteiger charge is -2.27. The minimum atomic E-state index is -0.504. The van der Waals surface area contributed by atoms with Crippen molar-refractivity contribution in [3.8, 4) is 0 Å². The van der Waals surface area contributed by atoms with Crippen LogP contribution in [0.25, 0.3) is 0 Å². The predicted octanol–water partition coefficient (Wildman–Crippen LogP) is 3.16. The lowest BCUT2D eigenvalue weighted by atomic mass is 10.2. The van der Waals surface area contributed by atoms with Crippen molar-refractivity contribution < 1.29 is 14.3 Å². The SMILES string of the molecule is O=C(NCc1ccccc1)N1CCCN1C(=O)OCc1ccccc1. The monoisotopic (exact) mass is 339 g/mol. The summed E-state index contributed by atoms with van der Waals surface area (Å²) in [7, 11) is 0. The molecule has 3 amide bonds. The molecular weight excluding hydrogens is 318 g/mol. The fourth-order valence-electron chi connectivity index (χ4n) is 2.67. The van der Waals surface area contributed by atoms with E-state index in [2.05, 4.69) is 5.32 Å². The number of ether oxygens (including phenoxy) is 1. The van der Waals surface area contributed by atoms with Crippen LogP contribution in [-0.4, -0.2) is 35.2 Å². The third kappa shape index (κ3) is 4.50. The van der Waals surface area contributed by atoms with E-state index in [9.17, 15) is 9.59 Å². The first-order valence-corrected chi connectivity index (χ1v) is 8.31. The van der Waals surface area contributed by atoms with Crippen LogP contribution < -0.4 is 5.32 Å². The zero-order chi connectivity index (χ0) is 17.5. The molecule has 1 N–H and O–H groups in total. The van der Waals surface area contributed by atoms with Crippen LogP contribution in [0.3, 0.4) is 0 Å². The molecule has 0 unspecified atom stereocenters. The number of nitrogens with zero attached hydrogens (tertiary/aromatic N) is 2. The fraction of sp³-hybridized carbons (Fsp3) is 0.263. The van der Waals surface area contributed by atoms with Gasteiger partial charge in [-0.3, -0.25) is 0 Å². The van der Waals surface area contributed by atoms with Gasteiger partial charge in [0.2, 0.25) is 0 Å². The van der Waals surface area contributed by atoms with E-state index in [1.165, 1.54) is 10.0 Å². The highest BCUT2D eigenvalue weighted by molar-refractivity contribution is 5.78. The van der Waals surface area contributed by atoms with E-state index in [1.807, 2.05) is 60.7 Å². The van der Waals surface area contributed by atoms with Crippen LogP contribution in [0, 0.1) is 0 Å². The molecule has 130 valence electrons. The van der Waals surface area contributed by atoms with E-state index in [1.54, 1.807) is 0 Å². The van der Waals surface area contributed by atoms with Gasteiger partial charge in [-0.2, -0.15) is 0 Å². The van der Waals surface area contributed by atoms with Crippen molar-refractivity contribution >= 4 is 12.1 Å². The lowest BCUT2D eigenvalue weighted by Crippen LogP contribution is -2.49. The van der Waals surface area contributed by atoms with E-state index in [-0.39, 0.29) is 12.6 Å². The quantitative estimate of drug-likeness (QED) is 0.931. The molecular formula is C19H21N3O3. The third-order valence-electron chi connectivity index (χ3n) is 3.97. The fourth-order valence-corrected chi connectivity index (χ4v) is 2.67. The molecule has 1 aliphatic heterocycles. The maximum atomic E-state index is 12.4. The molecule has 1 saturated heterocycles. The number of hydrazine groups is 1. The summed E-state index contributed by atoms with van der Waals surface area (Å²) in [5.74, 6) is 0. The number of benzene rings is 2. The van der Waals surface area contributed by atoms with Crippen LogP contribution in [0.4, 0.5) is 9.59 Å². The van der Waals surface area contributed by atoms with Crippen LogP contribution in [0.2, 0.25) is 0 Å². The van der Waals surface area contributed by atoms with Gasteiger partial charge in [0, 0.05) is 19.6 Å². The largest absolute Gasteiger partial charge is 0.443 e. The van der Waals surface area contributed by atoms with Crippen molar-refractivity contribution in [2.24, 2.45) is 0 Å². The van der Waals surface area contributed by atoms with Gasteiger partial charge in [-0.15, -0.1) is 0 Å². The summed E-state index contributed by atoms with van der Waals surface area (Å²) >= 11 is 0. The summed E-state index contributed by atoms with van der Waals surface area (Å²) < 4.78 is 5.32. The van der Waals surface area contributed by atoms with Gasteiger partial charge in [-0.25, -0.2) is 19.6 Å². The van der Waals surface area contributed by atoms with Gasteiger partial charge in [0.05, 0.1) is 0 Å². The normalized spacial score (nSPS) is 13.6. The lowest BCUT2D eigenvalue weighted by molar-refractivity contribution is 0.0317. The van der Waals surface area contributed by atoms with Gasteiger partial charge in [0.15, 0.2) is 0 Å². The summed E-state index contributed by atoms with van der Waals surface area (Å²) in [4.78, 5) is 24.7. The maximum Gasteiger partial charge on any atom is 0.429 e. The Hall–Kier alpha value is -3.02. The van der Waals surface area contributed by atoms with Crippen molar-refractivity contribution in [3.05, 3.63) is 71.8 Å². The minimum Gasteiger partial charge on any atom is -0.443 e. The highest BCUT2D eigenvalue weighted by Gasteiger charge is 2.31. The number of carbonyl (C=O) groups is 2. The smallest absolute Gasteiger partial charge is 0.429 e. The Morgan fingerprint density at radius 3 is 2.16 bits per heavy atom. The molecule has 1 heterocycles. The van der Waals surface area contributed by atoms with E-state index in [4.69, 9.17) is 4.74 Å². The van der Waals surface area contributed by atoms with Crippen LogP contribution in [-0.2, 0) is 17.9 Å². The number of rotatable bonds is 4. The number of hydrogen-bond acceptors (Lipinski definition) is 3. The summed E-state index contributed by atoms with van der Waals surface area (Å²) in [6, 6.07) is 18.8. The second-order valence-electron chi connectivity index (χ2n) is 5.78. The molecule has 0 radical (unpaired) electrons. The molecule has 3 rings (SSSR count). The Balaban J connectivity index is 1.52. The Kier molecular flexibility index (Phi) is 5.51. The van der Waals surface area contributed by atoms with Crippen LogP contribution in [0.5, 0.6) is 0 Å². The number of carbonyl (C=O) groups excluding carboxylic acids is 2. The highest BCUT2D eigenvalue weighted by Crippen LogP contribution is 2.13. The average molecular weight is 339 g/mol. The molecule has 0 spiro atoms. The topological polar surface area (TPSA) is 61.9 Å². The number of nitrogens with one attached hydrogen (secondary N) is 1. The number of amides is 3. The zero-order valence-corrected chi connectivity index (χ0v) is 13.9. The van der Waals surface area contributed by atoms with E-state index in [0.717, 1.165) is 17.5 Å². The summed E-state index contributed by atoms with van der Waals surface area (Å²) in [5, 5.41) is 5.61. The predicted molar refractivity (Wildman–Crippen MR) is 93.3 cm³/mol. The molecule has 2 aromatic rings. The number of urea groups is 1. The highest BCUT2D eigenvalue weighted by atomic mass is 16.6. The van der Waals surface area contributed by atoms with Gasteiger partial charge in [0.25, 0.3) is 0 Å². The molecule has 2 aromatic carbocycles. The van der Waals surface area contributed by atoms with Crippen molar-refractivity contribution in [3.63, 3.8) is 0 Å². The van der Waals surface area contributed by atoms with Crippen LogP contribution in [0.15, 0.2) is 60.7 Å². The van der Waals surface area contributed by atoms with Crippen molar-refractivity contribution in [1.82, 2.24) is 15.3 Å². The van der Waals surface area contributed by atoms with Gasteiger partial charge in [-0.1, -0.05) is 60.7 Å². The van der Waals surface area contributed by atoms with Crippen molar-refractivity contribution in [1.29, 1.82) is 0 Å². The Labute approximate surface area is 147 Å². The molecule has 6 heteroatoms. The van der Waals surface area contributed by atoms with E-state index < -0.39 is 6.09 Å². The molecule has 0 aromatic heterocycles. The molecule has 1 fully saturated rings. The summed E-state index contributed by atoms with van der Waals surface area (Å²) in [5.41, 5.74) is 1.92. The summed E-state index contributed by atoms with van der Waals surface area (Å²) in [6.45, 7) is 1.59. The zero-order valence-electron chi connectivity index (χ0n) is 13.9. The van der Waals surface area contributed by atoms with E-state index in [0.29, 0.717) is 19.6 Å². The minimum absolute atomic E-state index is 0.190. The van der Waals surface area contributed by atoms with Crippen LogP contribution in [0.1, 0.15) is 17.5 Å². The van der Waals surface area contributed by atoms with Gasteiger partial charge < -0.3 is 10.1 Å².